The van der Waals surface area contributed by atoms with Gasteiger partial charge in [0, 0.05) is 43.3 Å². The van der Waals surface area contributed by atoms with Crippen molar-refractivity contribution in [3.05, 3.63) is 71.4 Å². The highest BCUT2D eigenvalue weighted by atomic mass is 16.5. The van der Waals surface area contributed by atoms with Gasteiger partial charge in [0.05, 0.1) is 6.10 Å². The summed E-state index contributed by atoms with van der Waals surface area (Å²) in [4.78, 5) is 12.8. The predicted octanol–water partition coefficient (Wildman–Crippen LogP) is 4.40. The van der Waals surface area contributed by atoms with E-state index in [1.165, 1.54) is 5.56 Å². The topological polar surface area (TPSA) is 65.4 Å². The minimum absolute atomic E-state index is 0.0469. The molecule has 1 N–H and O–H groups in total. The molecular weight excluding hydrogens is 378 g/mol. The fourth-order valence-electron chi connectivity index (χ4n) is 3.76. The van der Waals surface area contributed by atoms with Gasteiger partial charge in [-0.05, 0) is 38.5 Å². The first-order chi connectivity index (χ1) is 14.3. The van der Waals surface area contributed by atoms with Crippen molar-refractivity contribution < 1.29 is 14.3 Å². The minimum Gasteiger partial charge on any atom is -0.490 e. The Balaban J connectivity index is 1.59. The van der Waals surface area contributed by atoms with Gasteiger partial charge in [-0.15, -0.1) is 0 Å². The summed E-state index contributed by atoms with van der Waals surface area (Å²) in [5, 5.41) is 7.04. The van der Waals surface area contributed by atoms with E-state index in [4.69, 9.17) is 9.47 Å². The molecule has 2 aromatic carbocycles. The number of aromatic nitrogens is 2. The monoisotopic (exact) mass is 405 g/mol. The molecule has 0 saturated carbocycles. The fourth-order valence-corrected chi connectivity index (χ4v) is 3.76. The molecule has 0 radical (unpaired) electrons. The first-order valence-electron chi connectivity index (χ1n) is 10.2. The Kier molecular flexibility index (Phi) is 5.24. The third-order valence-electron chi connectivity index (χ3n) is 5.07. The van der Waals surface area contributed by atoms with Gasteiger partial charge < -0.3 is 14.8 Å². The number of aryl methyl sites for hydroxylation is 1. The van der Waals surface area contributed by atoms with Crippen LogP contribution in [0, 0.1) is 0 Å². The average molecular weight is 405 g/mol. The summed E-state index contributed by atoms with van der Waals surface area (Å²) in [7, 11) is 1.81. The first kappa shape index (κ1) is 20.0. The van der Waals surface area contributed by atoms with Crippen molar-refractivity contribution in [1.29, 1.82) is 0 Å². The van der Waals surface area contributed by atoms with Crippen LogP contribution >= 0.6 is 0 Å². The van der Waals surface area contributed by atoms with Crippen LogP contribution in [0.2, 0.25) is 0 Å². The van der Waals surface area contributed by atoms with E-state index in [-0.39, 0.29) is 17.6 Å². The summed E-state index contributed by atoms with van der Waals surface area (Å²) in [5.41, 5.74) is 2.37. The SMILES string of the molecule is C[C@@H](Cc1ccccc1)Oc1cc(C(=O)Nc2ccn(C)n2)cc2c1CC(C)(C)O2. The van der Waals surface area contributed by atoms with E-state index in [0.29, 0.717) is 22.9 Å². The Morgan fingerprint density at radius 1 is 1.27 bits per heavy atom. The molecule has 6 nitrogen and oxygen atoms in total. The molecule has 3 aromatic rings. The van der Waals surface area contributed by atoms with E-state index in [2.05, 4.69) is 22.5 Å². The molecule has 1 atom stereocenters. The molecule has 0 aliphatic carbocycles. The number of hydrogen-bond donors (Lipinski definition) is 1. The normalized spacial score (nSPS) is 15.2. The highest BCUT2D eigenvalue weighted by Crippen LogP contribution is 2.42. The van der Waals surface area contributed by atoms with Crippen molar-refractivity contribution in [2.24, 2.45) is 7.05 Å². The van der Waals surface area contributed by atoms with Crippen molar-refractivity contribution in [2.45, 2.75) is 45.3 Å². The molecule has 0 saturated heterocycles. The smallest absolute Gasteiger partial charge is 0.257 e. The van der Waals surface area contributed by atoms with Gasteiger partial charge in [0.25, 0.3) is 5.91 Å². The van der Waals surface area contributed by atoms with Crippen LogP contribution in [0.25, 0.3) is 0 Å². The van der Waals surface area contributed by atoms with Gasteiger partial charge in [0.2, 0.25) is 0 Å². The van der Waals surface area contributed by atoms with E-state index < -0.39 is 0 Å². The molecule has 2 heterocycles. The second kappa shape index (κ2) is 7.86. The van der Waals surface area contributed by atoms with E-state index in [9.17, 15) is 4.79 Å². The zero-order valence-electron chi connectivity index (χ0n) is 17.8. The fraction of sp³-hybridized carbons (Fsp3) is 0.333. The van der Waals surface area contributed by atoms with Crippen molar-refractivity contribution >= 4 is 11.7 Å². The maximum Gasteiger partial charge on any atom is 0.257 e. The molecule has 1 aliphatic rings. The second-order valence-corrected chi connectivity index (χ2v) is 8.44. The highest BCUT2D eigenvalue weighted by molar-refractivity contribution is 6.04. The number of fused-ring (bicyclic) bond motifs is 1. The maximum atomic E-state index is 12.8. The molecule has 0 spiro atoms. The van der Waals surface area contributed by atoms with Gasteiger partial charge in [-0.25, -0.2) is 0 Å². The number of benzene rings is 2. The van der Waals surface area contributed by atoms with Crippen LogP contribution in [0.1, 0.15) is 42.3 Å². The number of nitrogens with one attached hydrogen (secondary N) is 1. The Labute approximate surface area is 176 Å². The van der Waals surface area contributed by atoms with E-state index in [1.54, 1.807) is 30.1 Å². The minimum atomic E-state index is -0.334. The third kappa shape index (κ3) is 4.48. The molecule has 0 fully saturated rings. The quantitative estimate of drug-likeness (QED) is 0.660. The summed E-state index contributed by atoms with van der Waals surface area (Å²) >= 11 is 0. The number of rotatable bonds is 6. The lowest BCUT2D eigenvalue weighted by atomic mass is 9.99. The van der Waals surface area contributed by atoms with Gasteiger partial charge in [-0.3, -0.25) is 9.48 Å². The van der Waals surface area contributed by atoms with Crippen molar-refractivity contribution in [1.82, 2.24) is 9.78 Å². The van der Waals surface area contributed by atoms with Crippen LogP contribution in [0.4, 0.5) is 5.82 Å². The molecule has 6 heteroatoms. The van der Waals surface area contributed by atoms with Crippen LogP contribution in [0.3, 0.4) is 0 Å². The highest BCUT2D eigenvalue weighted by Gasteiger charge is 2.34. The second-order valence-electron chi connectivity index (χ2n) is 8.44. The average Bonchev–Trinajstić information content (AvgIpc) is 3.23. The van der Waals surface area contributed by atoms with Crippen molar-refractivity contribution in [2.75, 3.05) is 5.32 Å². The Morgan fingerprint density at radius 3 is 2.73 bits per heavy atom. The van der Waals surface area contributed by atoms with Crippen LogP contribution < -0.4 is 14.8 Å². The number of anilines is 1. The zero-order chi connectivity index (χ0) is 21.3. The Morgan fingerprint density at radius 2 is 2.03 bits per heavy atom. The van der Waals surface area contributed by atoms with Gasteiger partial charge in [0.15, 0.2) is 5.82 Å². The zero-order valence-corrected chi connectivity index (χ0v) is 17.8. The Bertz CT molecular complexity index is 1060. The van der Waals surface area contributed by atoms with Gasteiger partial charge >= 0.3 is 0 Å². The summed E-state index contributed by atoms with van der Waals surface area (Å²) in [6, 6.07) is 15.6. The maximum absolute atomic E-state index is 12.8. The standard InChI is InChI=1S/C24H27N3O3/c1-16(12-17-8-6-5-7-9-17)29-20-13-18(14-21-19(20)15-24(2,3)30-21)23(28)25-22-10-11-27(4)26-22/h5-11,13-14,16H,12,15H2,1-4H3,(H,25,26,28)/t16-/m0/s1. The van der Waals surface area contributed by atoms with Crippen LogP contribution in [0.5, 0.6) is 11.5 Å². The molecular formula is C24H27N3O3. The molecule has 30 heavy (non-hydrogen) atoms. The van der Waals surface area contributed by atoms with E-state index >= 15 is 0 Å². The van der Waals surface area contributed by atoms with Crippen LogP contribution in [0.15, 0.2) is 54.7 Å². The predicted molar refractivity (Wildman–Crippen MR) is 116 cm³/mol. The number of amides is 1. The van der Waals surface area contributed by atoms with Crippen molar-refractivity contribution in [3.63, 3.8) is 0 Å². The summed E-state index contributed by atoms with van der Waals surface area (Å²) in [6.07, 6.45) is 3.25. The van der Waals surface area contributed by atoms with Crippen molar-refractivity contribution in [3.8, 4) is 11.5 Å². The number of carbonyl (C=O) groups excluding carboxylic acids is 1. The molecule has 1 amide bonds. The number of nitrogens with zero attached hydrogens (tertiary/aromatic N) is 2. The van der Waals surface area contributed by atoms with Gasteiger partial charge in [-0.1, -0.05) is 30.3 Å². The number of ether oxygens (including phenoxy) is 2. The Hall–Kier alpha value is -3.28. The third-order valence-corrected chi connectivity index (χ3v) is 5.07. The molecule has 4 rings (SSSR count). The molecule has 0 bridgehead atoms. The van der Waals surface area contributed by atoms with Crippen LogP contribution in [-0.2, 0) is 19.9 Å². The summed E-state index contributed by atoms with van der Waals surface area (Å²) in [6.45, 7) is 6.12. The number of hydrogen-bond acceptors (Lipinski definition) is 4. The first-order valence-corrected chi connectivity index (χ1v) is 10.2. The molecule has 1 aliphatic heterocycles. The van der Waals surface area contributed by atoms with E-state index in [0.717, 1.165) is 18.4 Å². The lowest BCUT2D eigenvalue weighted by Crippen LogP contribution is -2.24. The number of carbonyl (C=O) groups is 1. The molecule has 0 unspecified atom stereocenters. The lowest BCUT2D eigenvalue weighted by molar-refractivity contribution is 0.102. The van der Waals surface area contributed by atoms with Crippen LogP contribution in [-0.4, -0.2) is 27.4 Å². The molecule has 1 aromatic heterocycles. The van der Waals surface area contributed by atoms with Gasteiger partial charge in [0.1, 0.15) is 17.1 Å². The summed E-state index contributed by atoms with van der Waals surface area (Å²) in [5.74, 6) is 1.66. The van der Waals surface area contributed by atoms with E-state index in [1.807, 2.05) is 45.0 Å². The lowest BCUT2D eigenvalue weighted by Gasteiger charge is -2.18. The summed E-state index contributed by atoms with van der Waals surface area (Å²) < 4.78 is 14.1. The van der Waals surface area contributed by atoms with Gasteiger partial charge in [-0.2, -0.15) is 5.10 Å². The molecule has 156 valence electrons. The largest absolute Gasteiger partial charge is 0.490 e.